The minimum Gasteiger partial charge on any atom is -0.486 e. The highest BCUT2D eigenvalue weighted by molar-refractivity contribution is 5.51. The van der Waals surface area contributed by atoms with Crippen molar-refractivity contribution in [2.75, 3.05) is 0 Å². The molecule has 0 N–H and O–H groups in total. The van der Waals surface area contributed by atoms with Gasteiger partial charge in [-0.25, -0.2) is 9.48 Å². The van der Waals surface area contributed by atoms with Crippen LogP contribution in [0.25, 0.3) is 11.4 Å². The molecule has 0 unspecified atom stereocenters. The number of ether oxygens (including phenoxy) is 1. The molecule has 0 aliphatic heterocycles. The van der Waals surface area contributed by atoms with Crippen LogP contribution in [0.2, 0.25) is 0 Å². The molecule has 0 amide bonds. The zero-order valence-corrected chi connectivity index (χ0v) is 18.7. The predicted molar refractivity (Wildman–Crippen MR) is 118 cm³/mol. The summed E-state index contributed by atoms with van der Waals surface area (Å²) in [5.74, 6) is 0.614. The third kappa shape index (κ3) is 3.65. The Labute approximate surface area is 180 Å². The molecule has 2 aromatic carbocycles. The molecular formula is C23H26N6O2. The molecule has 160 valence electrons. The van der Waals surface area contributed by atoms with Gasteiger partial charge in [-0.2, -0.15) is 14.5 Å². The van der Waals surface area contributed by atoms with Crippen LogP contribution in [0, 0.1) is 34.6 Å². The maximum absolute atomic E-state index is 12.3. The molecule has 0 radical (unpaired) electrons. The van der Waals surface area contributed by atoms with E-state index in [1.54, 1.807) is 13.1 Å². The van der Waals surface area contributed by atoms with E-state index in [0.717, 1.165) is 33.8 Å². The Morgan fingerprint density at radius 3 is 2.32 bits per heavy atom. The molecule has 0 aliphatic rings. The van der Waals surface area contributed by atoms with E-state index < -0.39 is 0 Å². The monoisotopic (exact) mass is 418 g/mol. The first-order valence-corrected chi connectivity index (χ1v) is 10.1. The van der Waals surface area contributed by atoms with Crippen molar-refractivity contribution in [2.45, 2.75) is 41.2 Å². The Balaban J connectivity index is 1.63. The Morgan fingerprint density at radius 2 is 1.71 bits per heavy atom. The number of hydrogen-bond acceptors (Lipinski definition) is 5. The Bertz CT molecular complexity index is 1330. The van der Waals surface area contributed by atoms with Gasteiger partial charge in [0.1, 0.15) is 18.0 Å². The second kappa shape index (κ2) is 7.86. The first-order valence-electron chi connectivity index (χ1n) is 10.1. The number of benzene rings is 2. The maximum atomic E-state index is 12.3. The van der Waals surface area contributed by atoms with Crippen LogP contribution in [0.15, 0.2) is 41.2 Å². The van der Waals surface area contributed by atoms with Crippen LogP contribution in [-0.2, 0) is 13.7 Å². The largest absolute Gasteiger partial charge is 0.486 e. The molecule has 4 rings (SSSR count). The van der Waals surface area contributed by atoms with Crippen molar-refractivity contribution in [3.63, 3.8) is 0 Å². The van der Waals surface area contributed by atoms with Crippen LogP contribution in [-0.4, -0.2) is 29.6 Å². The van der Waals surface area contributed by atoms with Crippen molar-refractivity contribution in [1.29, 1.82) is 0 Å². The zero-order valence-electron chi connectivity index (χ0n) is 18.7. The predicted octanol–water partition coefficient (Wildman–Crippen LogP) is 3.27. The van der Waals surface area contributed by atoms with Crippen molar-refractivity contribution >= 4 is 0 Å². The van der Waals surface area contributed by atoms with Gasteiger partial charge in [0.05, 0.1) is 11.4 Å². The van der Waals surface area contributed by atoms with Gasteiger partial charge in [-0.3, -0.25) is 0 Å². The summed E-state index contributed by atoms with van der Waals surface area (Å²) in [5, 5.41) is 12.4. The quantitative estimate of drug-likeness (QED) is 0.497. The SMILES string of the molecule is Cc1cc(-n2nc(C)c(C)c2C)ccc1COc1c(C)cccc1-n1nnn(C)c1=O. The van der Waals surface area contributed by atoms with E-state index in [-0.39, 0.29) is 5.69 Å². The Kier molecular flexibility index (Phi) is 5.22. The van der Waals surface area contributed by atoms with Crippen LogP contribution in [0.5, 0.6) is 5.75 Å². The van der Waals surface area contributed by atoms with Gasteiger partial charge in [0.25, 0.3) is 0 Å². The van der Waals surface area contributed by atoms with Crippen molar-refractivity contribution in [1.82, 2.24) is 29.6 Å². The summed E-state index contributed by atoms with van der Waals surface area (Å²) >= 11 is 0. The third-order valence-corrected chi connectivity index (χ3v) is 5.74. The van der Waals surface area contributed by atoms with Crippen LogP contribution in [0.1, 0.15) is 33.6 Å². The molecule has 0 bridgehead atoms. The van der Waals surface area contributed by atoms with E-state index >= 15 is 0 Å². The van der Waals surface area contributed by atoms with E-state index in [0.29, 0.717) is 18.0 Å². The fourth-order valence-electron chi connectivity index (χ4n) is 3.55. The summed E-state index contributed by atoms with van der Waals surface area (Å²) in [6.45, 7) is 10.6. The summed E-state index contributed by atoms with van der Waals surface area (Å²) < 4.78 is 10.6. The fourth-order valence-corrected chi connectivity index (χ4v) is 3.55. The topological polar surface area (TPSA) is 79.8 Å². The molecule has 8 heteroatoms. The van der Waals surface area contributed by atoms with Gasteiger partial charge in [0.15, 0.2) is 0 Å². The lowest BCUT2D eigenvalue weighted by Gasteiger charge is -2.15. The lowest BCUT2D eigenvalue weighted by molar-refractivity contribution is 0.301. The molecule has 0 saturated heterocycles. The number of aryl methyl sites for hydroxylation is 4. The molecular weight excluding hydrogens is 392 g/mol. The van der Waals surface area contributed by atoms with Crippen molar-refractivity contribution in [2.24, 2.45) is 7.05 Å². The minimum atomic E-state index is -0.323. The third-order valence-electron chi connectivity index (χ3n) is 5.74. The maximum Gasteiger partial charge on any atom is 0.368 e. The van der Waals surface area contributed by atoms with Gasteiger partial charge in [-0.15, -0.1) is 0 Å². The van der Waals surface area contributed by atoms with Crippen molar-refractivity contribution in [3.05, 3.63) is 80.5 Å². The highest BCUT2D eigenvalue weighted by atomic mass is 16.5. The Hall–Kier alpha value is -3.68. The average molecular weight is 419 g/mol. The highest BCUT2D eigenvalue weighted by Gasteiger charge is 2.15. The van der Waals surface area contributed by atoms with Gasteiger partial charge in [-0.1, -0.05) is 18.2 Å². The number of rotatable bonds is 5. The summed E-state index contributed by atoms with van der Waals surface area (Å²) in [7, 11) is 1.57. The van der Waals surface area contributed by atoms with Gasteiger partial charge in [-0.05, 0) is 85.5 Å². The average Bonchev–Trinajstić information content (AvgIpc) is 3.21. The molecule has 31 heavy (non-hydrogen) atoms. The number of hydrogen-bond donors (Lipinski definition) is 0. The first-order chi connectivity index (χ1) is 14.8. The van der Waals surface area contributed by atoms with Gasteiger partial charge >= 0.3 is 5.69 Å². The summed E-state index contributed by atoms with van der Waals surface area (Å²) in [4.78, 5) is 12.3. The number of tetrazole rings is 1. The van der Waals surface area contributed by atoms with Gasteiger partial charge in [0.2, 0.25) is 0 Å². The fraction of sp³-hybridized carbons (Fsp3) is 0.304. The molecule has 0 spiro atoms. The van der Waals surface area contributed by atoms with Crippen LogP contribution < -0.4 is 10.4 Å². The van der Waals surface area contributed by atoms with E-state index in [1.807, 2.05) is 30.7 Å². The highest BCUT2D eigenvalue weighted by Crippen LogP contribution is 2.27. The van der Waals surface area contributed by atoms with Crippen molar-refractivity contribution in [3.8, 4) is 17.1 Å². The standard InChI is InChI=1S/C23H26N6O2/c1-14-8-7-9-21(29-23(30)27(6)25-26-29)22(14)31-13-19-10-11-20(12-15(19)2)28-18(5)16(3)17(4)24-28/h7-12H,13H2,1-6H3. The van der Waals surface area contributed by atoms with Crippen LogP contribution in [0.4, 0.5) is 0 Å². The molecule has 2 aromatic heterocycles. The normalized spacial score (nSPS) is 11.2. The molecule has 4 aromatic rings. The number of aromatic nitrogens is 6. The molecule has 0 fully saturated rings. The lowest BCUT2D eigenvalue weighted by Crippen LogP contribution is -2.22. The number of nitrogens with zero attached hydrogens (tertiary/aromatic N) is 6. The second-order valence-corrected chi connectivity index (χ2v) is 7.83. The lowest BCUT2D eigenvalue weighted by atomic mass is 10.1. The number of para-hydroxylation sites is 1. The van der Waals surface area contributed by atoms with E-state index in [2.05, 4.69) is 54.5 Å². The summed E-state index contributed by atoms with van der Waals surface area (Å²) in [6.07, 6.45) is 0. The van der Waals surface area contributed by atoms with E-state index in [1.165, 1.54) is 14.9 Å². The molecule has 0 saturated carbocycles. The summed E-state index contributed by atoms with van der Waals surface area (Å²) in [6, 6.07) is 11.8. The molecule has 8 nitrogen and oxygen atoms in total. The molecule has 0 aliphatic carbocycles. The summed E-state index contributed by atoms with van der Waals surface area (Å²) in [5.41, 5.74) is 7.74. The molecule has 0 atom stereocenters. The van der Waals surface area contributed by atoms with Crippen LogP contribution in [0.3, 0.4) is 0 Å². The molecule has 2 heterocycles. The van der Waals surface area contributed by atoms with Gasteiger partial charge < -0.3 is 4.74 Å². The van der Waals surface area contributed by atoms with Gasteiger partial charge in [0, 0.05) is 12.7 Å². The van der Waals surface area contributed by atoms with Crippen LogP contribution >= 0.6 is 0 Å². The van der Waals surface area contributed by atoms with E-state index in [4.69, 9.17) is 4.74 Å². The smallest absolute Gasteiger partial charge is 0.368 e. The Morgan fingerprint density at radius 1 is 0.935 bits per heavy atom. The second-order valence-electron chi connectivity index (χ2n) is 7.83. The minimum absolute atomic E-state index is 0.323. The zero-order chi connectivity index (χ0) is 22.3. The van der Waals surface area contributed by atoms with E-state index in [9.17, 15) is 4.79 Å². The van der Waals surface area contributed by atoms with Crippen molar-refractivity contribution < 1.29 is 4.74 Å². The first kappa shape index (κ1) is 20.6.